The molecule has 12 heteroatoms. The summed E-state index contributed by atoms with van der Waals surface area (Å²) < 4.78 is 43.3. The molecule has 0 radical (unpaired) electrons. The van der Waals surface area contributed by atoms with E-state index in [1.807, 2.05) is 36.4 Å². The Morgan fingerprint density at radius 2 is 1.44 bits per heavy atom. The van der Waals surface area contributed by atoms with Gasteiger partial charge in [-0.25, -0.2) is 4.79 Å². The van der Waals surface area contributed by atoms with Gasteiger partial charge in [-0.15, -0.1) is 0 Å². The second-order valence-corrected chi connectivity index (χ2v) is 21.1. The fourth-order valence-electron chi connectivity index (χ4n) is 3.21. The van der Waals surface area contributed by atoms with E-state index in [1.54, 1.807) is 20.8 Å². The number of alkyl carbamates (subject to hydrolysis) is 1. The van der Waals surface area contributed by atoms with Crippen LogP contribution in [0.1, 0.15) is 47.1 Å². The minimum absolute atomic E-state index is 0.109. The molecule has 1 amide bonds. The molecule has 2 aromatic carbocycles. The Morgan fingerprint density at radius 3 is 1.87 bits per heavy atom. The Bertz CT molecular complexity index is 1160. The average molecular weight is 803 g/mol. The van der Waals surface area contributed by atoms with Gasteiger partial charge >= 0.3 is 13.7 Å². The maximum atomic E-state index is 13.3. The molecule has 0 aliphatic rings. The van der Waals surface area contributed by atoms with Gasteiger partial charge in [0.1, 0.15) is 22.9 Å². The van der Waals surface area contributed by atoms with Crippen molar-refractivity contribution in [3.05, 3.63) is 49.1 Å². The van der Waals surface area contributed by atoms with Crippen molar-refractivity contribution in [2.24, 2.45) is 0 Å². The minimum atomic E-state index is -3.66. The predicted octanol–water partition coefficient (Wildman–Crippen LogP) is 8.95. The van der Waals surface area contributed by atoms with Crippen LogP contribution in [0.15, 0.2) is 36.4 Å². The van der Waals surface area contributed by atoms with Crippen molar-refractivity contribution in [1.82, 2.24) is 5.32 Å². The van der Waals surface area contributed by atoms with Gasteiger partial charge in [0.2, 0.25) is 8.32 Å². The smallest absolute Gasteiger partial charge is 0.408 e. The fourth-order valence-corrected chi connectivity index (χ4v) is 7.71. The first-order valence-corrected chi connectivity index (χ1v) is 19.1. The number of amides is 1. The molecule has 1 N–H and O–H groups in total. The number of carbonyl (C=O) groups excluding carboxylic acids is 1. The van der Waals surface area contributed by atoms with Crippen LogP contribution in [0.4, 0.5) is 4.79 Å². The summed E-state index contributed by atoms with van der Waals surface area (Å²) in [7, 11) is -3.01. The summed E-state index contributed by atoms with van der Waals surface area (Å²) in [6, 6.07) is 11.5. The van der Waals surface area contributed by atoms with Crippen LogP contribution in [0.3, 0.4) is 0 Å². The van der Waals surface area contributed by atoms with Crippen LogP contribution in [0.2, 0.25) is 18.1 Å². The van der Waals surface area contributed by atoms with Crippen molar-refractivity contribution in [2.75, 3.05) is 14.2 Å². The summed E-state index contributed by atoms with van der Waals surface area (Å²) in [6.45, 7) is 16.3. The van der Waals surface area contributed by atoms with Crippen LogP contribution in [-0.4, -0.2) is 40.0 Å². The molecule has 0 bridgehead atoms. The largest absolute Gasteiger partial charge is 0.543 e. The van der Waals surface area contributed by atoms with Crippen molar-refractivity contribution >= 4 is 67.2 Å². The molecule has 1 unspecified atom stereocenters. The summed E-state index contributed by atoms with van der Waals surface area (Å²) in [5.74, 6) is 1.28. The Kier molecular flexibility index (Phi) is 11.8. The van der Waals surface area contributed by atoms with E-state index in [1.165, 1.54) is 14.2 Å². The van der Waals surface area contributed by atoms with E-state index in [0.29, 0.717) is 11.5 Å². The molecule has 218 valence electrons. The Hall–Kier alpha value is -0.863. The highest BCUT2D eigenvalue weighted by Gasteiger charge is 2.39. The van der Waals surface area contributed by atoms with Gasteiger partial charge in [-0.3, -0.25) is 4.57 Å². The first-order valence-electron chi connectivity index (χ1n) is 12.5. The van der Waals surface area contributed by atoms with Crippen LogP contribution >= 0.6 is 52.8 Å². The Morgan fingerprint density at radius 1 is 0.949 bits per heavy atom. The summed E-state index contributed by atoms with van der Waals surface area (Å²) in [6.07, 6.45) is -0.503. The molecule has 0 spiro atoms. The number of hydrogen-bond acceptors (Lipinski definition) is 7. The highest BCUT2D eigenvalue weighted by molar-refractivity contribution is 14.1. The first kappa shape index (κ1) is 34.3. The topological polar surface area (TPSA) is 92.3 Å². The SMILES string of the molecule is COP(=O)(OC)C(Cc1cc(I)c(Oc2ccc(O[Si](C)(C)C(C)(C)C)cc2)c(I)c1)NC(=O)OC(C)(C)C. The zero-order valence-corrected chi connectivity index (χ0v) is 30.5. The predicted molar refractivity (Wildman–Crippen MR) is 175 cm³/mol. The molecule has 0 aliphatic heterocycles. The highest BCUT2D eigenvalue weighted by Crippen LogP contribution is 2.52. The molecule has 1 atom stereocenters. The molecule has 0 aromatic heterocycles. The zero-order valence-electron chi connectivity index (χ0n) is 24.3. The summed E-state index contributed by atoms with van der Waals surface area (Å²) in [5.41, 5.74) is 0.113. The maximum Gasteiger partial charge on any atom is 0.408 e. The second kappa shape index (κ2) is 13.4. The number of hydrogen-bond donors (Lipinski definition) is 1. The lowest BCUT2D eigenvalue weighted by atomic mass is 10.1. The highest BCUT2D eigenvalue weighted by atomic mass is 127. The van der Waals surface area contributed by atoms with Gasteiger partial charge in [0.05, 0.1) is 7.14 Å². The molecule has 0 saturated carbocycles. The quantitative estimate of drug-likeness (QED) is 0.146. The summed E-state index contributed by atoms with van der Waals surface area (Å²) >= 11 is 4.42. The van der Waals surface area contributed by atoms with Crippen LogP contribution in [0, 0.1) is 7.14 Å². The molecule has 0 saturated heterocycles. The molecule has 0 aliphatic carbocycles. The second-order valence-electron chi connectivity index (χ2n) is 11.6. The van der Waals surface area contributed by atoms with Crippen molar-refractivity contribution in [2.45, 2.75) is 77.5 Å². The van der Waals surface area contributed by atoms with Crippen molar-refractivity contribution in [3.8, 4) is 17.2 Å². The van der Waals surface area contributed by atoms with Crippen molar-refractivity contribution < 1.29 is 32.3 Å². The van der Waals surface area contributed by atoms with Gasteiger partial charge in [0, 0.05) is 20.6 Å². The van der Waals surface area contributed by atoms with E-state index in [9.17, 15) is 9.36 Å². The van der Waals surface area contributed by atoms with E-state index < -0.39 is 33.4 Å². The molecule has 0 fully saturated rings. The molecule has 39 heavy (non-hydrogen) atoms. The van der Waals surface area contributed by atoms with Crippen molar-refractivity contribution in [1.29, 1.82) is 0 Å². The lowest BCUT2D eigenvalue weighted by Crippen LogP contribution is -2.43. The minimum Gasteiger partial charge on any atom is -0.543 e. The fraction of sp³-hybridized carbons (Fsp3) is 0.519. The molecule has 2 rings (SSSR count). The Balaban J connectivity index is 2.25. The van der Waals surface area contributed by atoms with Crippen LogP contribution in [0.5, 0.6) is 17.2 Å². The number of carbonyl (C=O) groups is 1. The van der Waals surface area contributed by atoms with Gasteiger partial charge in [-0.05, 0) is 126 Å². The zero-order chi connectivity index (χ0) is 29.8. The standard InChI is InChI=1S/C27H40I2NO7PSi/c1-26(2,3)36-25(31)30-23(38(32,33-7)34-8)17-18-15-21(28)24(22(29)16-18)35-19-11-13-20(14-12-19)37-39(9,10)27(4,5)6/h11-16,23H,17H2,1-10H3,(H,30,31). The van der Waals surface area contributed by atoms with Gasteiger partial charge in [0.15, 0.2) is 5.75 Å². The summed E-state index contributed by atoms with van der Waals surface area (Å²) in [5, 5.41) is 2.78. The van der Waals surface area contributed by atoms with Crippen LogP contribution < -0.4 is 14.5 Å². The molecular weight excluding hydrogens is 763 g/mol. The van der Waals surface area contributed by atoms with Gasteiger partial charge in [-0.2, -0.15) is 0 Å². The van der Waals surface area contributed by atoms with Gasteiger partial charge in [-0.1, -0.05) is 20.8 Å². The molecule has 2 aromatic rings. The average Bonchev–Trinajstić information content (AvgIpc) is 2.79. The van der Waals surface area contributed by atoms with Crippen LogP contribution in [-0.2, 0) is 24.8 Å². The number of ether oxygens (including phenoxy) is 2. The number of rotatable bonds is 10. The van der Waals surface area contributed by atoms with E-state index in [2.05, 4.69) is 84.4 Å². The monoisotopic (exact) mass is 803 g/mol. The number of nitrogens with one attached hydrogen (secondary N) is 1. The third-order valence-electron chi connectivity index (χ3n) is 6.28. The van der Waals surface area contributed by atoms with Crippen LogP contribution in [0.25, 0.3) is 0 Å². The first-order chi connectivity index (χ1) is 17.8. The lowest BCUT2D eigenvalue weighted by molar-refractivity contribution is 0.0511. The summed E-state index contributed by atoms with van der Waals surface area (Å²) in [4.78, 5) is 12.5. The Labute approximate surface area is 261 Å². The molecular formula is C27H40I2NO7PSi. The van der Waals surface area contributed by atoms with Crippen molar-refractivity contribution in [3.63, 3.8) is 0 Å². The van der Waals surface area contributed by atoms with E-state index in [4.69, 9.17) is 22.9 Å². The van der Waals surface area contributed by atoms with Gasteiger partial charge in [0.25, 0.3) is 0 Å². The maximum absolute atomic E-state index is 13.3. The normalized spacial score (nSPS) is 13.5. The van der Waals surface area contributed by atoms with Gasteiger partial charge < -0.3 is 28.3 Å². The third-order valence-corrected chi connectivity index (χ3v) is 14.3. The molecule has 8 nitrogen and oxygen atoms in total. The van der Waals surface area contributed by atoms with E-state index >= 15 is 0 Å². The number of benzene rings is 2. The number of halogens is 2. The lowest BCUT2D eigenvalue weighted by Gasteiger charge is -2.36. The van der Waals surface area contributed by atoms with E-state index in [0.717, 1.165) is 18.5 Å². The van der Waals surface area contributed by atoms with E-state index in [-0.39, 0.29) is 11.5 Å². The third kappa shape index (κ3) is 9.88. The molecule has 0 heterocycles.